The minimum absolute atomic E-state index is 0.0779. The highest BCUT2D eigenvalue weighted by Crippen LogP contribution is 2.20. The topological polar surface area (TPSA) is 53.3 Å². The molecule has 0 aromatic carbocycles. The van der Waals surface area contributed by atoms with Crippen molar-refractivity contribution in [3.05, 3.63) is 0 Å². The highest BCUT2D eigenvalue weighted by atomic mass is 16.5. The zero-order valence-corrected chi connectivity index (χ0v) is 7.99. The van der Waals surface area contributed by atoms with Gasteiger partial charge in [-0.3, -0.25) is 4.79 Å². The Balaban J connectivity index is 2.44. The van der Waals surface area contributed by atoms with Crippen molar-refractivity contribution in [2.75, 3.05) is 13.6 Å². The Hall–Kier alpha value is -1.08. The summed E-state index contributed by atoms with van der Waals surface area (Å²) in [5, 5.41) is 8.40. The van der Waals surface area contributed by atoms with E-state index >= 15 is 0 Å². The van der Waals surface area contributed by atoms with Crippen LogP contribution in [0.2, 0.25) is 0 Å². The van der Waals surface area contributed by atoms with Crippen molar-refractivity contribution in [1.82, 2.24) is 4.90 Å². The molecular weight excluding hydrogens is 168 g/mol. The van der Waals surface area contributed by atoms with Crippen LogP contribution in [0.25, 0.3) is 0 Å². The Morgan fingerprint density at radius 3 is 2.85 bits per heavy atom. The van der Waals surface area contributed by atoms with Gasteiger partial charge in [0.15, 0.2) is 0 Å². The molecule has 72 valence electrons. The molecule has 1 fully saturated rings. The molecule has 0 aromatic rings. The maximum Gasteiger partial charge on any atom is 0.252 e. The fourth-order valence-electron chi connectivity index (χ4n) is 1.41. The predicted octanol–water partition coefficient (Wildman–Crippen LogP) is 0.536. The minimum Gasteiger partial charge on any atom is -0.365 e. The van der Waals surface area contributed by atoms with Gasteiger partial charge in [-0.05, 0) is 19.8 Å². The van der Waals surface area contributed by atoms with E-state index in [1.165, 1.54) is 4.90 Å². The van der Waals surface area contributed by atoms with Crippen LogP contribution in [0.4, 0.5) is 0 Å². The van der Waals surface area contributed by atoms with Crippen molar-refractivity contribution >= 4 is 5.91 Å². The third kappa shape index (κ3) is 2.43. The molecule has 13 heavy (non-hydrogen) atoms. The summed E-state index contributed by atoms with van der Waals surface area (Å²) in [5.74, 6) is -0.0779. The zero-order chi connectivity index (χ0) is 9.84. The molecule has 1 rings (SSSR count). The average Bonchev–Trinajstić information content (AvgIpc) is 2.51. The van der Waals surface area contributed by atoms with Gasteiger partial charge in [0.05, 0.1) is 12.2 Å². The molecule has 1 aliphatic rings. The third-order valence-corrected chi connectivity index (χ3v) is 2.19. The van der Waals surface area contributed by atoms with Gasteiger partial charge in [0.2, 0.25) is 0 Å². The first-order chi connectivity index (χ1) is 6.15. The Morgan fingerprint density at radius 2 is 2.38 bits per heavy atom. The lowest BCUT2D eigenvalue weighted by atomic mass is 10.2. The van der Waals surface area contributed by atoms with E-state index in [4.69, 9.17) is 10.00 Å². The molecule has 0 radical (unpaired) electrons. The quantitative estimate of drug-likeness (QED) is 0.585. The van der Waals surface area contributed by atoms with Crippen molar-refractivity contribution < 1.29 is 9.53 Å². The summed E-state index contributed by atoms with van der Waals surface area (Å²) in [5.41, 5.74) is 0. The number of carbonyl (C=O) groups excluding carboxylic acids is 1. The third-order valence-electron chi connectivity index (χ3n) is 2.19. The summed E-state index contributed by atoms with van der Waals surface area (Å²) in [6.07, 6.45) is 1.55. The summed E-state index contributed by atoms with van der Waals surface area (Å²) in [7, 11) is 1.62. The van der Waals surface area contributed by atoms with Crippen LogP contribution in [-0.4, -0.2) is 36.6 Å². The number of carbonyl (C=O) groups is 1. The van der Waals surface area contributed by atoms with E-state index in [-0.39, 0.29) is 24.7 Å². The van der Waals surface area contributed by atoms with Crippen LogP contribution < -0.4 is 0 Å². The van der Waals surface area contributed by atoms with Crippen molar-refractivity contribution in [2.45, 2.75) is 32.0 Å². The number of hydrogen-bond acceptors (Lipinski definition) is 3. The first kappa shape index (κ1) is 10.0. The number of likely N-dealkylation sites (N-methyl/N-ethyl adjacent to an activating group) is 1. The molecular formula is C9H14N2O2. The average molecular weight is 182 g/mol. The molecule has 0 bridgehead atoms. The molecule has 0 aliphatic carbocycles. The molecule has 1 saturated heterocycles. The van der Waals surface area contributed by atoms with Gasteiger partial charge >= 0.3 is 0 Å². The summed E-state index contributed by atoms with van der Waals surface area (Å²) in [6.45, 7) is 2.09. The van der Waals surface area contributed by atoms with Gasteiger partial charge in [0, 0.05) is 7.05 Å². The van der Waals surface area contributed by atoms with Crippen molar-refractivity contribution in [3.8, 4) is 6.07 Å². The van der Waals surface area contributed by atoms with E-state index in [0.29, 0.717) is 0 Å². The molecule has 4 nitrogen and oxygen atoms in total. The van der Waals surface area contributed by atoms with Crippen LogP contribution in [0, 0.1) is 11.3 Å². The SMILES string of the molecule is CC1CCC(C(=O)N(C)CC#N)O1. The lowest BCUT2D eigenvalue weighted by molar-refractivity contribution is -0.140. The Bertz CT molecular complexity index is 234. The van der Waals surface area contributed by atoms with E-state index in [1.54, 1.807) is 7.05 Å². The zero-order valence-electron chi connectivity index (χ0n) is 7.99. The van der Waals surface area contributed by atoms with Gasteiger partial charge < -0.3 is 9.64 Å². The van der Waals surface area contributed by atoms with Crippen molar-refractivity contribution in [1.29, 1.82) is 5.26 Å². The Kier molecular flexibility index (Phi) is 3.26. The molecule has 1 amide bonds. The summed E-state index contributed by atoms with van der Waals surface area (Å²) in [6, 6.07) is 1.93. The van der Waals surface area contributed by atoms with E-state index in [9.17, 15) is 4.79 Å². The minimum atomic E-state index is -0.326. The second kappa shape index (κ2) is 4.24. The highest BCUT2D eigenvalue weighted by molar-refractivity contribution is 5.81. The molecule has 1 aliphatic heterocycles. The van der Waals surface area contributed by atoms with Gasteiger partial charge in [-0.2, -0.15) is 5.26 Å². The number of rotatable bonds is 2. The maximum absolute atomic E-state index is 11.5. The first-order valence-corrected chi connectivity index (χ1v) is 4.42. The molecule has 0 saturated carbocycles. The largest absolute Gasteiger partial charge is 0.365 e. The van der Waals surface area contributed by atoms with Crippen LogP contribution in [0.3, 0.4) is 0 Å². The van der Waals surface area contributed by atoms with Crippen molar-refractivity contribution in [2.24, 2.45) is 0 Å². The predicted molar refractivity (Wildman–Crippen MR) is 46.8 cm³/mol. The van der Waals surface area contributed by atoms with Crippen LogP contribution in [0.1, 0.15) is 19.8 Å². The number of nitrogens with zero attached hydrogens (tertiary/aromatic N) is 2. The smallest absolute Gasteiger partial charge is 0.252 e. The van der Waals surface area contributed by atoms with Crippen LogP contribution in [0.5, 0.6) is 0 Å². The standard InChI is InChI=1S/C9H14N2O2/c1-7-3-4-8(13-7)9(12)11(2)6-5-10/h7-8H,3-4,6H2,1-2H3. The number of hydrogen-bond donors (Lipinski definition) is 0. The molecule has 0 aromatic heterocycles. The Morgan fingerprint density at radius 1 is 1.69 bits per heavy atom. The monoisotopic (exact) mass is 182 g/mol. The maximum atomic E-state index is 11.5. The molecule has 2 atom stereocenters. The second-order valence-electron chi connectivity index (χ2n) is 3.37. The normalized spacial score (nSPS) is 26.8. The fraction of sp³-hybridized carbons (Fsp3) is 0.778. The number of ether oxygens (including phenoxy) is 1. The van der Waals surface area contributed by atoms with Gasteiger partial charge in [-0.25, -0.2) is 0 Å². The second-order valence-corrected chi connectivity index (χ2v) is 3.37. The van der Waals surface area contributed by atoms with Crippen LogP contribution in [-0.2, 0) is 9.53 Å². The van der Waals surface area contributed by atoms with E-state index in [2.05, 4.69) is 0 Å². The summed E-state index contributed by atoms with van der Waals surface area (Å²) in [4.78, 5) is 12.9. The van der Waals surface area contributed by atoms with Gasteiger partial charge in [-0.1, -0.05) is 0 Å². The fourth-order valence-corrected chi connectivity index (χ4v) is 1.41. The van der Waals surface area contributed by atoms with Crippen LogP contribution >= 0.6 is 0 Å². The molecule has 4 heteroatoms. The molecule has 0 spiro atoms. The van der Waals surface area contributed by atoms with Gasteiger partial charge in [-0.15, -0.1) is 0 Å². The van der Waals surface area contributed by atoms with E-state index in [1.807, 2.05) is 13.0 Å². The molecule has 2 unspecified atom stereocenters. The van der Waals surface area contributed by atoms with Gasteiger partial charge in [0.25, 0.3) is 5.91 Å². The van der Waals surface area contributed by atoms with Crippen molar-refractivity contribution in [3.63, 3.8) is 0 Å². The highest BCUT2D eigenvalue weighted by Gasteiger charge is 2.29. The van der Waals surface area contributed by atoms with E-state index < -0.39 is 0 Å². The van der Waals surface area contributed by atoms with E-state index in [0.717, 1.165) is 12.8 Å². The molecule has 1 heterocycles. The number of nitriles is 1. The number of amides is 1. The van der Waals surface area contributed by atoms with Gasteiger partial charge in [0.1, 0.15) is 12.6 Å². The summed E-state index contributed by atoms with van der Waals surface area (Å²) >= 11 is 0. The Labute approximate surface area is 78.1 Å². The molecule has 0 N–H and O–H groups in total. The summed E-state index contributed by atoms with van der Waals surface area (Å²) < 4.78 is 5.39. The first-order valence-electron chi connectivity index (χ1n) is 4.42. The lowest BCUT2D eigenvalue weighted by Gasteiger charge is -2.17. The lowest BCUT2D eigenvalue weighted by Crippen LogP contribution is -2.36. The van der Waals surface area contributed by atoms with Crippen LogP contribution in [0.15, 0.2) is 0 Å².